The Hall–Kier alpha value is -0.570. The van der Waals surface area contributed by atoms with E-state index in [0.29, 0.717) is 6.42 Å². The second-order valence-electron chi connectivity index (χ2n) is 3.24. The van der Waals surface area contributed by atoms with Crippen molar-refractivity contribution < 1.29 is 9.90 Å². The Balaban J connectivity index is 4.00. The summed E-state index contributed by atoms with van der Waals surface area (Å²) in [5.41, 5.74) is 3.59. The molecule has 1 amide bonds. The number of rotatable bonds is 3. The zero-order valence-electron chi connectivity index (χ0n) is 6.72. The standard InChI is InChI=1S/C7H15NO2/c1-5(2)4-7(3,10)6(8)9/h5,10H,4H2,1-3H3,(H2,8,9)/t7-/m0/s1. The number of carbonyl (C=O) groups is 1. The van der Waals surface area contributed by atoms with Crippen LogP contribution in [0.2, 0.25) is 0 Å². The highest BCUT2D eigenvalue weighted by Crippen LogP contribution is 2.14. The first-order chi connectivity index (χ1) is 4.36. The van der Waals surface area contributed by atoms with Crippen molar-refractivity contribution in [1.82, 2.24) is 0 Å². The van der Waals surface area contributed by atoms with Gasteiger partial charge in [0, 0.05) is 0 Å². The number of nitrogens with two attached hydrogens (primary N) is 1. The maximum atomic E-state index is 10.5. The molecule has 0 aliphatic carbocycles. The molecule has 10 heavy (non-hydrogen) atoms. The van der Waals surface area contributed by atoms with Gasteiger partial charge >= 0.3 is 0 Å². The quantitative estimate of drug-likeness (QED) is 0.598. The molecule has 3 nitrogen and oxygen atoms in total. The zero-order valence-corrected chi connectivity index (χ0v) is 6.72. The highest BCUT2D eigenvalue weighted by atomic mass is 16.3. The number of primary amides is 1. The van der Waals surface area contributed by atoms with Crippen molar-refractivity contribution in [3.8, 4) is 0 Å². The van der Waals surface area contributed by atoms with Gasteiger partial charge in [0.15, 0.2) is 0 Å². The summed E-state index contributed by atoms with van der Waals surface area (Å²) in [5, 5.41) is 9.29. The van der Waals surface area contributed by atoms with Gasteiger partial charge in [0.1, 0.15) is 5.60 Å². The van der Waals surface area contributed by atoms with E-state index in [0.717, 1.165) is 0 Å². The van der Waals surface area contributed by atoms with Crippen LogP contribution >= 0.6 is 0 Å². The molecule has 0 unspecified atom stereocenters. The Bertz CT molecular complexity index is 130. The molecule has 1 atom stereocenters. The Morgan fingerprint density at radius 3 is 2.20 bits per heavy atom. The Morgan fingerprint density at radius 1 is 1.70 bits per heavy atom. The van der Waals surface area contributed by atoms with Crippen LogP contribution in [0.15, 0.2) is 0 Å². The van der Waals surface area contributed by atoms with Gasteiger partial charge in [0.05, 0.1) is 0 Å². The van der Waals surface area contributed by atoms with Crippen LogP contribution in [0, 0.1) is 5.92 Å². The molecule has 60 valence electrons. The van der Waals surface area contributed by atoms with Gasteiger partial charge in [0.25, 0.3) is 0 Å². The van der Waals surface area contributed by atoms with Crippen molar-refractivity contribution >= 4 is 5.91 Å². The first-order valence-corrected chi connectivity index (χ1v) is 3.38. The van der Waals surface area contributed by atoms with Crippen molar-refractivity contribution in [2.45, 2.75) is 32.8 Å². The van der Waals surface area contributed by atoms with Gasteiger partial charge in [-0.3, -0.25) is 4.79 Å². The number of hydrogen-bond donors (Lipinski definition) is 2. The minimum absolute atomic E-state index is 0.280. The van der Waals surface area contributed by atoms with E-state index in [1.54, 1.807) is 0 Å². The van der Waals surface area contributed by atoms with Crippen LogP contribution < -0.4 is 5.73 Å². The lowest BCUT2D eigenvalue weighted by Gasteiger charge is -2.20. The van der Waals surface area contributed by atoms with Gasteiger partial charge in [-0.2, -0.15) is 0 Å². The molecule has 0 aromatic carbocycles. The normalized spacial score (nSPS) is 16.9. The van der Waals surface area contributed by atoms with Crippen molar-refractivity contribution in [2.75, 3.05) is 0 Å². The van der Waals surface area contributed by atoms with Gasteiger partial charge in [-0.25, -0.2) is 0 Å². The first-order valence-electron chi connectivity index (χ1n) is 3.38. The third kappa shape index (κ3) is 2.82. The maximum absolute atomic E-state index is 10.5. The van der Waals surface area contributed by atoms with Crippen LogP contribution in [0.5, 0.6) is 0 Å². The molecule has 0 aliphatic heterocycles. The second kappa shape index (κ2) is 3.01. The molecule has 0 radical (unpaired) electrons. The lowest BCUT2D eigenvalue weighted by Crippen LogP contribution is -2.41. The zero-order chi connectivity index (χ0) is 8.36. The van der Waals surface area contributed by atoms with Crippen molar-refractivity contribution in [1.29, 1.82) is 0 Å². The molecule has 0 spiro atoms. The number of carbonyl (C=O) groups excluding carboxylic acids is 1. The fourth-order valence-electron chi connectivity index (χ4n) is 0.896. The summed E-state index contributed by atoms with van der Waals surface area (Å²) >= 11 is 0. The van der Waals surface area contributed by atoms with Crippen molar-refractivity contribution in [3.63, 3.8) is 0 Å². The SMILES string of the molecule is CC(C)C[C@](C)(O)C(N)=O. The maximum Gasteiger partial charge on any atom is 0.249 e. The molecule has 0 fully saturated rings. The Kier molecular flexibility index (Phi) is 2.84. The molecule has 0 bridgehead atoms. The predicted octanol–water partition coefficient (Wildman–Crippen LogP) is 0.269. The number of amides is 1. The number of hydrogen-bond acceptors (Lipinski definition) is 2. The average Bonchev–Trinajstić information content (AvgIpc) is 1.60. The van der Waals surface area contributed by atoms with Gasteiger partial charge in [-0.05, 0) is 19.3 Å². The van der Waals surface area contributed by atoms with Gasteiger partial charge in [0.2, 0.25) is 5.91 Å². The van der Waals surface area contributed by atoms with Crippen LogP contribution in [0.25, 0.3) is 0 Å². The van der Waals surface area contributed by atoms with Gasteiger partial charge in [-0.1, -0.05) is 13.8 Å². The molecule has 0 saturated heterocycles. The van der Waals surface area contributed by atoms with Gasteiger partial charge < -0.3 is 10.8 Å². The van der Waals surface area contributed by atoms with Crippen LogP contribution in [0.1, 0.15) is 27.2 Å². The van der Waals surface area contributed by atoms with E-state index < -0.39 is 11.5 Å². The first kappa shape index (κ1) is 9.43. The fraction of sp³-hybridized carbons (Fsp3) is 0.857. The molecule has 3 heteroatoms. The van der Waals surface area contributed by atoms with Crippen LogP contribution in [-0.2, 0) is 4.79 Å². The molecular weight excluding hydrogens is 130 g/mol. The van der Waals surface area contributed by atoms with Crippen LogP contribution in [0.3, 0.4) is 0 Å². The molecule has 0 rings (SSSR count). The van der Waals surface area contributed by atoms with Crippen LogP contribution in [0.4, 0.5) is 0 Å². The minimum Gasteiger partial charge on any atom is -0.380 e. The summed E-state index contributed by atoms with van der Waals surface area (Å²) in [5.74, 6) is -0.372. The van der Waals surface area contributed by atoms with Crippen molar-refractivity contribution in [2.24, 2.45) is 11.7 Å². The molecule has 0 saturated carbocycles. The van der Waals surface area contributed by atoms with Crippen molar-refractivity contribution in [3.05, 3.63) is 0 Å². The highest BCUT2D eigenvalue weighted by molar-refractivity contribution is 5.82. The molecule has 0 aromatic rings. The third-order valence-corrected chi connectivity index (χ3v) is 1.34. The second-order valence-corrected chi connectivity index (χ2v) is 3.24. The topological polar surface area (TPSA) is 63.3 Å². The average molecular weight is 145 g/mol. The molecular formula is C7H15NO2. The molecule has 0 aromatic heterocycles. The molecule has 3 N–H and O–H groups in total. The number of aliphatic hydroxyl groups is 1. The third-order valence-electron chi connectivity index (χ3n) is 1.34. The van der Waals surface area contributed by atoms with E-state index in [2.05, 4.69) is 0 Å². The molecule has 0 aliphatic rings. The summed E-state index contributed by atoms with van der Waals surface area (Å²) in [6, 6.07) is 0. The molecule has 0 heterocycles. The van der Waals surface area contributed by atoms with E-state index in [9.17, 15) is 9.90 Å². The monoisotopic (exact) mass is 145 g/mol. The largest absolute Gasteiger partial charge is 0.380 e. The minimum atomic E-state index is -1.34. The lowest BCUT2D eigenvalue weighted by atomic mass is 9.94. The Morgan fingerprint density at radius 2 is 2.10 bits per heavy atom. The summed E-state index contributed by atoms with van der Waals surface area (Å²) in [4.78, 5) is 10.5. The van der Waals surface area contributed by atoms with E-state index >= 15 is 0 Å². The predicted molar refractivity (Wildman–Crippen MR) is 39.3 cm³/mol. The summed E-state index contributed by atoms with van der Waals surface area (Å²) in [6.45, 7) is 5.30. The van der Waals surface area contributed by atoms with E-state index in [1.165, 1.54) is 6.92 Å². The van der Waals surface area contributed by atoms with Gasteiger partial charge in [-0.15, -0.1) is 0 Å². The Labute approximate surface area is 61.2 Å². The van der Waals surface area contributed by atoms with E-state index in [-0.39, 0.29) is 5.92 Å². The summed E-state index contributed by atoms with van der Waals surface area (Å²) in [7, 11) is 0. The van der Waals surface area contributed by atoms with Crippen LogP contribution in [-0.4, -0.2) is 16.6 Å². The fourth-order valence-corrected chi connectivity index (χ4v) is 0.896. The van der Waals surface area contributed by atoms with E-state index in [4.69, 9.17) is 5.73 Å². The lowest BCUT2D eigenvalue weighted by molar-refractivity contribution is -0.135. The van der Waals surface area contributed by atoms with E-state index in [1.807, 2.05) is 13.8 Å². The highest BCUT2D eigenvalue weighted by Gasteiger charge is 2.27. The summed E-state index contributed by atoms with van der Waals surface area (Å²) in [6.07, 6.45) is 0.419. The smallest absolute Gasteiger partial charge is 0.249 e. The summed E-state index contributed by atoms with van der Waals surface area (Å²) < 4.78 is 0.